The van der Waals surface area contributed by atoms with Gasteiger partial charge in [0, 0.05) is 25.3 Å². The largest absolute Gasteiger partial charge is 0.401 e. The number of aromatic nitrogens is 2. The van der Waals surface area contributed by atoms with Crippen molar-refractivity contribution in [3.05, 3.63) is 18.2 Å². The van der Waals surface area contributed by atoms with E-state index in [9.17, 15) is 13.2 Å². The summed E-state index contributed by atoms with van der Waals surface area (Å²) in [7, 11) is 0. The van der Waals surface area contributed by atoms with E-state index in [0.29, 0.717) is 25.0 Å². The topological polar surface area (TPSA) is 33.1 Å². The number of nitrogens with zero attached hydrogens (tertiary/aromatic N) is 3. The lowest BCUT2D eigenvalue weighted by molar-refractivity contribution is -0.143. The summed E-state index contributed by atoms with van der Waals surface area (Å²) in [6, 6.07) is 0.609. The summed E-state index contributed by atoms with van der Waals surface area (Å²) in [6.07, 6.45) is 2.94. The third-order valence-corrected chi connectivity index (χ3v) is 4.20. The van der Waals surface area contributed by atoms with Gasteiger partial charge in [-0.1, -0.05) is 0 Å². The van der Waals surface area contributed by atoms with Crippen LogP contribution in [-0.2, 0) is 6.54 Å². The molecule has 3 rings (SSSR count). The van der Waals surface area contributed by atoms with Gasteiger partial charge in [-0.15, -0.1) is 0 Å². The molecule has 1 saturated heterocycles. The molecule has 1 aromatic heterocycles. The third kappa shape index (κ3) is 4.20. The Bertz CT molecular complexity index is 467. The molecule has 0 bridgehead atoms. The van der Waals surface area contributed by atoms with E-state index in [1.807, 2.05) is 12.5 Å². The fourth-order valence-corrected chi connectivity index (χ4v) is 3.03. The van der Waals surface area contributed by atoms with Crippen LogP contribution in [0.3, 0.4) is 0 Å². The van der Waals surface area contributed by atoms with Gasteiger partial charge in [-0.3, -0.25) is 4.90 Å². The molecule has 2 heterocycles. The summed E-state index contributed by atoms with van der Waals surface area (Å²) in [5.41, 5.74) is 1.17. The molecule has 1 N–H and O–H groups in total. The normalized spacial score (nSPS) is 23.9. The average molecular weight is 302 g/mol. The molecule has 7 heteroatoms. The van der Waals surface area contributed by atoms with Crippen molar-refractivity contribution < 1.29 is 13.2 Å². The fourth-order valence-electron chi connectivity index (χ4n) is 3.03. The summed E-state index contributed by atoms with van der Waals surface area (Å²) in [6.45, 7) is 1.81. The number of nitrogens with one attached hydrogen (secondary N) is 1. The number of alkyl halides is 3. The number of hydrogen-bond donors (Lipinski definition) is 1. The van der Waals surface area contributed by atoms with Crippen LogP contribution in [-0.4, -0.2) is 46.8 Å². The lowest BCUT2D eigenvalue weighted by Crippen LogP contribution is -2.33. The summed E-state index contributed by atoms with van der Waals surface area (Å²) in [5.74, 6) is 0.310. The second-order valence-corrected chi connectivity index (χ2v) is 6.16. The Morgan fingerprint density at radius 2 is 2.10 bits per heavy atom. The molecular weight excluding hydrogens is 281 g/mol. The first-order chi connectivity index (χ1) is 10.0. The van der Waals surface area contributed by atoms with E-state index < -0.39 is 12.7 Å². The number of halogens is 3. The molecule has 0 radical (unpaired) electrons. The highest BCUT2D eigenvalue weighted by Gasteiger charge is 2.34. The Balaban J connectivity index is 1.39. The van der Waals surface area contributed by atoms with Crippen molar-refractivity contribution in [1.82, 2.24) is 19.8 Å². The lowest BCUT2D eigenvalue weighted by atomic mass is 10.1. The molecule has 1 aliphatic carbocycles. The standard InChI is InChI=1S/C14H21F3N4/c15-14(16,17)9-20-4-3-11(8-20)5-18-6-13-7-19-10-21(13)12-1-2-12/h7,10-12,18H,1-6,8-9H2. The molecule has 1 saturated carbocycles. The predicted octanol–water partition coefficient (Wildman–Crippen LogP) is 2.19. The molecule has 4 nitrogen and oxygen atoms in total. The molecule has 1 aliphatic heterocycles. The zero-order valence-corrected chi connectivity index (χ0v) is 11.9. The van der Waals surface area contributed by atoms with E-state index in [1.165, 1.54) is 23.4 Å². The van der Waals surface area contributed by atoms with E-state index in [-0.39, 0.29) is 0 Å². The van der Waals surface area contributed by atoms with Crippen LogP contribution >= 0.6 is 0 Å². The minimum Gasteiger partial charge on any atom is -0.330 e. The van der Waals surface area contributed by atoms with Gasteiger partial charge in [0.15, 0.2) is 0 Å². The zero-order valence-electron chi connectivity index (χ0n) is 11.9. The van der Waals surface area contributed by atoms with Gasteiger partial charge in [-0.2, -0.15) is 13.2 Å². The van der Waals surface area contributed by atoms with E-state index in [4.69, 9.17) is 0 Å². The summed E-state index contributed by atoms with van der Waals surface area (Å²) in [4.78, 5) is 5.68. The van der Waals surface area contributed by atoms with E-state index in [0.717, 1.165) is 19.5 Å². The molecule has 21 heavy (non-hydrogen) atoms. The van der Waals surface area contributed by atoms with Crippen molar-refractivity contribution >= 4 is 0 Å². The van der Waals surface area contributed by atoms with Crippen molar-refractivity contribution in [2.24, 2.45) is 5.92 Å². The van der Waals surface area contributed by atoms with E-state index in [1.54, 1.807) is 0 Å². The van der Waals surface area contributed by atoms with Gasteiger partial charge in [0.25, 0.3) is 0 Å². The van der Waals surface area contributed by atoms with Gasteiger partial charge in [-0.05, 0) is 38.3 Å². The molecule has 2 fully saturated rings. The van der Waals surface area contributed by atoms with E-state index >= 15 is 0 Å². The van der Waals surface area contributed by atoms with Crippen LogP contribution in [0, 0.1) is 5.92 Å². The van der Waals surface area contributed by atoms with Crippen LogP contribution in [0.1, 0.15) is 31.0 Å². The number of likely N-dealkylation sites (tertiary alicyclic amines) is 1. The maximum Gasteiger partial charge on any atom is 0.401 e. The molecule has 1 unspecified atom stereocenters. The molecule has 118 valence electrons. The van der Waals surface area contributed by atoms with Crippen LogP contribution in [0.15, 0.2) is 12.5 Å². The van der Waals surface area contributed by atoms with E-state index in [2.05, 4.69) is 14.9 Å². The van der Waals surface area contributed by atoms with Crippen LogP contribution in [0.5, 0.6) is 0 Å². The molecule has 0 spiro atoms. The highest BCUT2D eigenvalue weighted by atomic mass is 19.4. The molecular formula is C14H21F3N4. The van der Waals surface area contributed by atoms with Crippen molar-refractivity contribution in [3.63, 3.8) is 0 Å². The molecule has 0 aromatic carbocycles. The SMILES string of the molecule is FC(F)(F)CN1CCC(CNCc2cncn2C2CC2)C1. The smallest absolute Gasteiger partial charge is 0.330 e. The van der Waals surface area contributed by atoms with Gasteiger partial charge in [0.1, 0.15) is 0 Å². The monoisotopic (exact) mass is 302 g/mol. The number of rotatable bonds is 6. The summed E-state index contributed by atoms with van der Waals surface area (Å²) >= 11 is 0. The Labute approximate surface area is 122 Å². The molecule has 0 amide bonds. The second-order valence-electron chi connectivity index (χ2n) is 6.16. The second kappa shape index (κ2) is 5.96. The fraction of sp³-hybridized carbons (Fsp3) is 0.786. The van der Waals surface area contributed by atoms with Crippen molar-refractivity contribution in [1.29, 1.82) is 0 Å². The Hall–Kier alpha value is -1.08. The molecule has 1 aromatic rings. The van der Waals surface area contributed by atoms with Gasteiger partial charge in [0.2, 0.25) is 0 Å². The highest BCUT2D eigenvalue weighted by Crippen LogP contribution is 2.35. The predicted molar refractivity (Wildman–Crippen MR) is 72.8 cm³/mol. The maximum atomic E-state index is 12.3. The van der Waals surface area contributed by atoms with Gasteiger partial charge < -0.3 is 9.88 Å². The Morgan fingerprint density at radius 1 is 1.29 bits per heavy atom. The van der Waals surface area contributed by atoms with Crippen LogP contribution < -0.4 is 5.32 Å². The molecule has 2 aliphatic rings. The van der Waals surface area contributed by atoms with Crippen LogP contribution in [0.25, 0.3) is 0 Å². The van der Waals surface area contributed by atoms with Gasteiger partial charge in [0.05, 0.1) is 18.6 Å². The summed E-state index contributed by atoms with van der Waals surface area (Å²) < 4.78 is 39.2. The number of hydrogen-bond acceptors (Lipinski definition) is 3. The quantitative estimate of drug-likeness (QED) is 0.874. The van der Waals surface area contributed by atoms with Crippen LogP contribution in [0.4, 0.5) is 13.2 Å². The first kappa shape index (κ1) is 14.8. The van der Waals surface area contributed by atoms with Crippen molar-refractivity contribution in [2.45, 2.75) is 38.0 Å². The highest BCUT2D eigenvalue weighted by molar-refractivity contribution is 5.03. The van der Waals surface area contributed by atoms with Crippen molar-refractivity contribution in [2.75, 3.05) is 26.2 Å². The minimum absolute atomic E-state index is 0.310. The Kier molecular flexibility index (Phi) is 4.21. The number of imidazole rings is 1. The van der Waals surface area contributed by atoms with Crippen molar-refractivity contribution in [3.8, 4) is 0 Å². The first-order valence-electron chi connectivity index (χ1n) is 7.52. The first-order valence-corrected chi connectivity index (χ1v) is 7.52. The molecule has 1 atom stereocenters. The maximum absolute atomic E-state index is 12.3. The van der Waals surface area contributed by atoms with Crippen LogP contribution in [0.2, 0.25) is 0 Å². The minimum atomic E-state index is -4.08. The van der Waals surface area contributed by atoms with Gasteiger partial charge in [-0.25, -0.2) is 4.98 Å². The third-order valence-electron chi connectivity index (χ3n) is 4.20. The zero-order chi connectivity index (χ0) is 14.9. The average Bonchev–Trinajstić information content (AvgIpc) is 2.97. The lowest BCUT2D eigenvalue weighted by Gasteiger charge is -2.18. The Morgan fingerprint density at radius 3 is 2.81 bits per heavy atom. The van der Waals surface area contributed by atoms with Gasteiger partial charge >= 0.3 is 6.18 Å². The summed E-state index contributed by atoms with van der Waals surface area (Å²) in [5, 5.41) is 3.37.